The van der Waals surface area contributed by atoms with Gasteiger partial charge in [0.1, 0.15) is 0 Å². The highest BCUT2D eigenvalue weighted by Gasteiger charge is 2.29. The van der Waals surface area contributed by atoms with Gasteiger partial charge in [0, 0.05) is 5.69 Å². The molecule has 0 aromatic heterocycles. The van der Waals surface area contributed by atoms with Gasteiger partial charge in [-0.05, 0) is 70.1 Å². The van der Waals surface area contributed by atoms with Crippen molar-refractivity contribution in [3.8, 4) is 0 Å². The number of alkyl halides is 3. The smallest absolute Gasteiger partial charge is 0.416 e. The summed E-state index contributed by atoms with van der Waals surface area (Å²) < 4.78 is 37.3. The number of hydrogen-bond acceptors (Lipinski definition) is 2. The van der Waals surface area contributed by atoms with Gasteiger partial charge in [-0.25, -0.2) is 4.79 Å². The lowest BCUT2D eigenvalue weighted by molar-refractivity contribution is -0.137. The molecule has 0 amide bonds. The highest BCUT2D eigenvalue weighted by Crippen LogP contribution is 2.30. The molecule has 0 spiro atoms. The van der Waals surface area contributed by atoms with Gasteiger partial charge in [-0.3, -0.25) is 0 Å². The number of carboxylic acids is 1. The molecule has 2 N–H and O–H groups in total. The van der Waals surface area contributed by atoms with Crippen LogP contribution in [0.25, 0.3) is 21.5 Å². The molecule has 6 heteroatoms. The second-order valence-electron chi connectivity index (χ2n) is 7.60. The van der Waals surface area contributed by atoms with Gasteiger partial charge in [0.15, 0.2) is 0 Å². The predicted octanol–water partition coefficient (Wildman–Crippen LogP) is 8.14. The van der Waals surface area contributed by atoms with E-state index in [1.54, 1.807) is 18.2 Å². The summed E-state index contributed by atoms with van der Waals surface area (Å²) in [6, 6.07) is 32.0. The number of benzene rings is 5. The van der Waals surface area contributed by atoms with E-state index in [0.29, 0.717) is 11.4 Å². The van der Waals surface area contributed by atoms with Gasteiger partial charge >= 0.3 is 12.1 Å². The van der Waals surface area contributed by atoms with Crippen LogP contribution >= 0.6 is 0 Å². The third-order valence-electron chi connectivity index (χ3n) is 5.26. The fourth-order valence-corrected chi connectivity index (χ4v) is 3.56. The van der Waals surface area contributed by atoms with Crippen LogP contribution < -0.4 is 5.32 Å². The van der Waals surface area contributed by atoms with Gasteiger partial charge in [-0.15, -0.1) is 0 Å². The van der Waals surface area contributed by atoms with Crippen LogP contribution in [0.1, 0.15) is 15.9 Å². The molecule has 0 aliphatic heterocycles. The normalized spacial score (nSPS) is 11.0. The lowest BCUT2D eigenvalue weighted by atomic mass is 10.0. The van der Waals surface area contributed by atoms with Crippen molar-refractivity contribution >= 4 is 38.9 Å². The van der Waals surface area contributed by atoms with E-state index in [9.17, 15) is 18.0 Å². The fraction of sp³-hybridized carbons (Fsp3) is 0.0357. The average Bonchev–Trinajstić information content (AvgIpc) is 2.83. The summed E-state index contributed by atoms with van der Waals surface area (Å²) in [4.78, 5) is 11.0. The van der Waals surface area contributed by atoms with Crippen molar-refractivity contribution in [3.05, 3.63) is 120 Å². The van der Waals surface area contributed by atoms with Crippen molar-refractivity contribution in [1.82, 2.24) is 0 Å². The number of anilines is 2. The van der Waals surface area contributed by atoms with Gasteiger partial charge in [0.05, 0.1) is 16.8 Å². The Kier molecular flexibility index (Phi) is 6.50. The van der Waals surface area contributed by atoms with Crippen LogP contribution in [-0.4, -0.2) is 11.1 Å². The highest BCUT2D eigenvalue weighted by molar-refractivity contribution is 5.98. The van der Waals surface area contributed by atoms with Gasteiger partial charge in [0.2, 0.25) is 0 Å². The average molecular weight is 459 g/mol. The van der Waals surface area contributed by atoms with E-state index < -0.39 is 17.7 Å². The number of halogens is 3. The Labute approximate surface area is 194 Å². The maximum Gasteiger partial charge on any atom is 0.416 e. The summed E-state index contributed by atoms with van der Waals surface area (Å²) >= 11 is 0. The molecule has 34 heavy (non-hydrogen) atoms. The van der Waals surface area contributed by atoms with Gasteiger partial charge in [-0.1, -0.05) is 60.7 Å². The molecule has 0 aliphatic carbocycles. The van der Waals surface area contributed by atoms with Crippen LogP contribution in [0, 0.1) is 0 Å². The first kappa shape index (κ1) is 22.9. The molecular formula is C28H20F3NO2. The number of hydrogen-bond donors (Lipinski definition) is 2. The lowest BCUT2D eigenvalue weighted by Crippen LogP contribution is -2.05. The minimum Gasteiger partial charge on any atom is -0.478 e. The van der Waals surface area contributed by atoms with E-state index in [1.807, 2.05) is 0 Å². The summed E-state index contributed by atoms with van der Waals surface area (Å²) in [7, 11) is 0. The van der Waals surface area contributed by atoms with Gasteiger partial charge in [-0.2, -0.15) is 13.2 Å². The van der Waals surface area contributed by atoms with E-state index in [1.165, 1.54) is 39.7 Å². The zero-order valence-electron chi connectivity index (χ0n) is 17.9. The van der Waals surface area contributed by atoms with Crippen LogP contribution in [-0.2, 0) is 6.18 Å². The number of nitrogens with one attached hydrogen (secondary N) is 1. The quantitative estimate of drug-likeness (QED) is 0.268. The number of carboxylic acid groups (broad SMARTS) is 1. The minimum absolute atomic E-state index is 0.0485. The Bertz CT molecular complexity index is 1340. The summed E-state index contributed by atoms with van der Waals surface area (Å²) in [5.41, 5.74) is -0.00609. The van der Waals surface area contributed by atoms with Crippen molar-refractivity contribution in [2.75, 3.05) is 5.32 Å². The van der Waals surface area contributed by atoms with Crippen LogP contribution in [0.2, 0.25) is 0 Å². The number of rotatable bonds is 3. The van der Waals surface area contributed by atoms with Crippen molar-refractivity contribution < 1.29 is 23.1 Å². The van der Waals surface area contributed by atoms with Crippen LogP contribution in [0.3, 0.4) is 0 Å². The molecule has 0 fully saturated rings. The second-order valence-corrected chi connectivity index (χ2v) is 7.60. The second kappa shape index (κ2) is 9.67. The molecule has 0 atom stereocenters. The largest absolute Gasteiger partial charge is 0.478 e. The summed E-state index contributed by atoms with van der Waals surface area (Å²) in [5, 5.41) is 17.0. The lowest BCUT2D eigenvalue weighted by Gasteiger charge is -2.11. The molecule has 3 nitrogen and oxygen atoms in total. The predicted molar refractivity (Wildman–Crippen MR) is 130 cm³/mol. The van der Waals surface area contributed by atoms with Crippen molar-refractivity contribution in [1.29, 1.82) is 0 Å². The highest BCUT2D eigenvalue weighted by atomic mass is 19.4. The molecule has 0 saturated heterocycles. The Morgan fingerprint density at radius 2 is 1.09 bits per heavy atom. The molecule has 5 aromatic carbocycles. The Morgan fingerprint density at radius 3 is 1.53 bits per heavy atom. The summed E-state index contributed by atoms with van der Waals surface area (Å²) in [6.45, 7) is 0. The van der Waals surface area contributed by atoms with Crippen molar-refractivity contribution in [2.45, 2.75) is 6.18 Å². The third kappa shape index (κ3) is 5.35. The van der Waals surface area contributed by atoms with Crippen LogP contribution in [0.5, 0.6) is 0 Å². The van der Waals surface area contributed by atoms with E-state index in [2.05, 4.69) is 66.0 Å². The molecule has 0 bridgehead atoms. The first-order valence-corrected chi connectivity index (χ1v) is 10.5. The van der Waals surface area contributed by atoms with E-state index in [-0.39, 0.29) is 5.56 Å². The maximum atomic E-state index is 12.4. The van der Waals surface area contributed by atoms with E-state index in [0.717, 1.165) is 12.1 Å². The molecule has 5 rings (SSSR count). The van der Waals surface area contributed by atoms with Crippen LogP contribution in [0.15, 0.2) is 109 Å². The van der Waals surface area contributed by atoms with E-state index in [4.69, 9.17) is 5.11 Å². The zero-order chi connectivity index (χ0) is 24.1. The Morgan fingerprint density at radius 1 is 0.647 bits per heavy atom. The molecule has 0 unspecified atom stereocenters. The number of aromatic carboxylic acids is 1. The topological polar surface area (TPSA) is 49.3 Å². The molecular weight excluding hydrogens is 439 g/mol. The third-order valence-corrected chi connectivity index (χ3v) is 5.26. The number of carbonyl (C=O) groups is 1. The molecule has 0 saturated carbocycles. The maximum absolute atomic E-state index is 12.4. The van der Waals surface area contributed by atoms with Gasteiger partial charge < -0.3 is 10.4 Å². The monoisotopic (exact) mass is 459 g/mol. The molecule has 5 aromatic rings. The number of para-hydroxylation sites is 1. The first-order chi connectivity index (χ1) is 16.3. The van der Waals surface area contributed by atoms with Gasteiger partial charge in [0.25, 0.3) is 0 Å². The standard InChI is InChI=1S/C14H10F3NO2.C14H10/c15-14(16,17)9-5-7-10(8-6-9)18-12-4-2-1-3-11(12)13(19)20;1-2-6-12-10-14-8-4-3-7-13(14)9-11(12)5-1/h1-8,18H,(H,19,20);1-10H. The summed E-state index contributed by atoms with van der Waals surface area (Å²) in [6.07, 6.45) is -4.39. The van der Waals surface area contributed by atoms with Crippen molar-refractivity contribution in [2.24, 2.45) is 0 Å². The molecule has 170 valence electrons. The first-order valence-electron chi connectivity index (χ1n) is 10.5. The minimum atomic E-state index is -4.39. The molecule has 0 heterocycles. The van der Waals surface area contributed by atoms with E-state index >= 15 is 0 Å². The molecule has 0 radical (unpaired) electrons. The Balaban J connectivity index is 0.000000170. The summed E-state index contributed by atoms with van der Waals surface area (Å²) in [5.74, 6) is -1.11. The van der Waals surface area contributed by atoms with Crippen LogP contribution in [0.4, 0.5) is 24.5 Å². The fourth-order valence-electron chi connectivity index (χ4n) is 3.56. The zero-order valence-corrected chi connectivity index (χ0v) is 17.9. The Hall–Kier alpha value is -4.32. The molecule has 0 aliphatic rings. The number of fused-ring (bicyclic) bond motifs is 2. The SMILES string of the molecule is O=C(O)c1ccccc1Nc1ccc(C(F)(F)F)cc1.c1ccc2cc3ccccc3cc2c1. The van der Waals surface area contributed by atoms with Crippen molar-refractivity contribution in [3.63, 3.8) is 0 Å².